The number of hydrogen-bond donors (Lipinski definition) is 3. The SMILES string of the molecule is CC/C=C\C/C=C\CCCCCCC(=O)OCC(COP(=O)(O)OCC(O)COP(=O)(O)OCC(COC(=O)CCCCCC/C=C\C/C=C\CCCC)OC(=O)CCCCCC/C=C\C/C=C\CCCC)OC(=O)CCCCCC/C=C\C/C=C\CCCC. The van der Waals surface area contributed by atoms with Gasteiger partial charge in [-0.25, -0.2) is 9.13 Å². The number of phosphoric ester groups is 2. The number of rotatable bonds is 64. The van der Waals surface area contributed by atoms with Gasteiger partial charge in [0, 0.05) is 25.7 Å². The molecule has 0 fully saturated rings. The lowest BCUT2D eigenvalue weighted by atomic mass is 10.1. The molecular formula is C71H122O17P2. The van der Waals surface area contributed by atoms with Crippen molar-refractivity contribution in [3.63, 3.8) is 0 Å². The molecule has 0 aliphatic heterocycles. The van der Waals surface area contributed by atoms with Crippen molar-refractivity contribution < 1.29 is 80.2 Å². The molecule has 3 N–H and O–H groups in total. The Morgan fingerprint density at radius 1 is 0.322 bits per heavy atom. The highest BCUT2D eigenvalue weighted by molar-refractivity contribution is 7.47. The first-order chi connectivity index (χ1) is 43.7. The van der Waals surface area contributed by atoms with Gasteiger partial charge in [0.2, 0.25) is 0 Å². The molecule has 0 amide bonds. The van der Waals surface area contributed by atoms with E-state index in [4.69, 9.17) is 37.0 Å². The standard InChI is InChI=1S/C71H122O17P2/c1-5-9-13-17-21-25-29-32-36-40-44-48-52-56-69(74)82-62-67(88-71(76)58-54-50-46-42-38-34-31-27-23-19-15-11-7-3)64-86-90(79,80)84-60-65(72)59-83-89(77,78)85-63-66(61-81-68(73)55-51-47-43-39-35-28-24-20-16-12-8-4)87-70(75)57-53-49-45-41-37-33-30-26-22-18-14-10-6-2/h12,16-19,21-24,28-34,65-67,72H,5-11,13-15,20,25-27,35-64H2,1-4H3,(H,77,78)(H,79,80)/b16-12-,21-17-,22-18-,23-19-,28-24-,32-29-,33-30-,34-31-. The third-order valence-electron chi connectivity index (χ3n) is 14.0. The number of carbonyl (C=O) groups excluding carboxylic acids is 4. The molecule has 0 saturated carbocycles. The summed E-state index contributed by atoms with van der Waals surface area (Å²) in [5.41, 5.74) is 0. The quantitative estimate of drug-likeness (QED) is 0.0169. The van der Waals surface area contributed by atoms with Crippen LogP contribution in [0.4, 0.5) is 0 Å². The lowest BCUT2D eigenvalue weighted by Crippen LogP contribution is -2.30. The number of aliphatic hydroxyl groups is 1. The smallest absolute Gasteiger partial charge is 0.462 e. The Bertz CT molecular complexity index is 2100. The van der Waals surface area contributed by atoms with Gasteiger partial charge in [-0.05, 0) is 128 Å². The Hall–Kier alpha value is -4.02. The minimum absolute atomic E-state index is 0.0678. The van der Waals surface area contributed by atoms with Gasteiger partial charge in [-0.3, -0.25) is 37.3 Å². The van der Waals surface area contributed by atoms with Gasteiger partial charge < -0.3 is 33.8 Å². The number of aliphatic hydroxyl groups excluding tert-OH is 1. The summed E-state index contributed by atoms with van der Waals surface area (Å²) >= 11 is 0. The second kappa shape index (κ2) is 63.7. The third kappa shape index (κ3) is 62.8. The molecule has 0 heterocycles. The molecule has 90 heavy (non-hydrogen) atoms. The number of unbranched alkanes of at least 4 members (excludes halogenated alkanes) is 22. The Labute approximate surface area is 544 Å². The summed E-state index contributed by atoms with van der Waals surface area (Å²) in [6.07, 6.45) is 62.9. The third-order valence-corrected chi connectivity index (χ3v) is 15.9. The van der Waals surface area contributed by atoms with E-state index in [2.05, 4.69) is 125 Å². The maximum absolute atomic E-state index is 13.0. The number of allylic oxidation sites excluding steroid dienone is 16. The Morgan fingerprint density at radius 2 is 0.578 bits per heavy atom. The molecule has 518 valence electrons. The van der Waals surface area contributed by atoms with E-state index < -0.39 is 97.5 Å². The van der Waals surface area contributed by atoms with E-state index in [-0.39, 0.29) is 25.7 Å². The summed E-state index contributed by atoms with van der Waals surface area (Å²) in [7, 11) is -9.95. The Balaban J connectivity index is 5.37. The van der Waals surface area contributed by atoms with Crippen molar-refractivity contribution in [2.45, 2.75) is 290 Å². The summed E-state index contributed by atoms with van der Waals surface area (Å²) in [5, 5.41) is 10.6. The van der Waals surface area contributed by atoms with E-state index in [0.29, 0.717) is 25.7 Å². The monoisotopic (exact) mass is 1310 g/mol. The van der Waals surface area contributed by atoms with Crippen LogP contribution in [-0.4, -0.2) is 96.7 Å². The van der Waals surface area contributed by atoms with E-state index >= 15 is 0 Å². The molecule has 0 aliphatic carbocycles. The first-order valence-electron chi connectivity index (χ1n) is 34.5. The van der Waals surface area contributed by atoms with Crippen molar-refractivity contribution >= 4 is 39.5 Å². The zero-order chi connectivity index (χ0) is 66.1. The van der Waals surface area contributed by atoms with Crippen molar-refractivity contribution in [2.24, 2.45) is 0 Å². The predicted molar refractivity (Wildman–Crippen MR) is 362 cm³/mol. The van der Waals surface area contributed by atoms with Crippen molar-refractivity contribution in [1.82, 2.24) is 0 Å². The summed E-state index contributed by atoms with van der Waals surface area (Å²) < 4.78 is 68.1. The second-order valence-corrected chi connectivity index (χ2v) is 25.6. The molecule has 0 spiro atoms. The topological polar surface area (TPSA) is 237 Å². The number of ether oxygens (including phenoxy) is 4. The lowest BCUT2D eigenvalue weighted by Gasteiger charge is -2.21. The molecule has 0 aromatic heterocycles. The van der Waals surface area contributed by atoms with Crippen molar-refractivity contribution in [3.8, 4) is 0 Å². The van der Waals surface area contributed by atoms with Crippen LogP contribution in [-0.2, 0) is 65.4 Å². The van der Waals surface area contributed by atoms with E-state index in [1.165, 1.54) is 38.5 Å². The average Bonchev–Trinajstić information content (AvgIpc) is 3.34. The van der Waals surface area contributed by atoms with Crippen LogP contribution in [0.25, 0.3) is 0 Å². The van der Waals surface area contributed by atoms with Crippen LogP contribution < -0.4 is 0 Å². The molecule has 17 nitrogen and oxygen atoms in total. The molecule has 5 atom stereocenters. The molecule has 0 saturated heterocycles. The zero-order valence-corrected chi connectivity index (χ0v) is 57.8. The largest absolute Gasteiger partial charge is 0.472 e. The van der Waals surface area contributed by atoms with Crippen LogP contribution in [0.1, 0.15) is 272 Å². The average molecular weight is 1310 g/mol. The number of carbonyl (C=O) groups is 4. The van der Waals surface area contributed by atoms with Gasteiger partial charge in [0.25, 0.3) is 0 Å². The minimum atomic E-state index is -4.98. The summed E-state index contributed by atoms with van der Waals surface area (Å²) in [6, 6.07) is 0. The number of hydrogen-bond acceptors (Lipinski definition) is 15. The van der Waals surface area contributed by atoms with Crippen molar-refractivity contribution in [1.29, 1.82) is 0 Å². The van der Waals surface area contributed by atoms with Crippen LogP contribution in [0.2, 0.25) is 0 Å². The van der Waals surface area contributed by atoms with E-state index in [1.54, 1.807) is 0 Å². The van der Waals surface area contributed by atoms with Crippen LogP contribution in [0.5, 0.6) is 0 Å². The van der Waals surface area contributed by atoms with E-state index in [9.17, 15) is 43.2 Å². The molecule has 0 aliphatic rings. The molecule has 0 aromatic rings. The normalized spacial score (nSPS) is 14.7. The van der Waals surface area contributed by atoms with Crippen LogP contribution in [0.15, 0.2) is 97.2 Å². The summed E-state index contributed by atoms with van der Waals surface area (Å²) in [5.74, 6) is -2.26. The zero-order valence-electron chi connectivity index (χ0n) is 56.0. The van der Waals surface area contributed by atoms with Crippen LogP contribution in [0, 0.1) is 0 Å². The molecule has 19 heteroatoms. The molecular weight excluding hydrogens is 1190 g/mol. The summed E-state index contributed by atoms with van der Waals surface area (Å²) in [4.78, 5) is 72.4. The second-order valence-electron chi connectivity index (χ2n) is 22.7. The van der Waals surface area contributed by atoms with E-state index in [0.717, 1.165) is 154 Å². The molecule has 0 rings (SSSR count). The highest BCUT2D eigenvalue weighted by Crippen LogP contribution is 2.45. The van der Waals surface area contributed by atoms with Crippen molar-refractivity contribution in [3.05, 3.63) is 97.2 Å². The van der Waals surface area contributed by atoms with Gasteiger partial charge in [0.1, 0.15) is 19.3 Å². The highest BCUT2D eigenvalue weighted by Gasteiger charge is 2.30. The molecule has 0 radical (unpaired) electrons. The van der Waals surface area contributed by atoms with Gasteiger partial charge in [-0.1, -0.05) is 215 Å². The maximum atomic E-state index is 13.0. The Kier molecular flexibility index (Phi) is 60.9. The fourth-order valence-corrected chi connectivity index (χ4v) is 10.2. The van der Waals surface area contributed by atoms with Crippen LogP contribution in [0.3, 0.4) is 0 Å². The van der Waals surface area contributed by atoms with Crippen LogP contribution >= 0.6 is 15.6 Å². The van der Waals surface area contributed by atoms with Gasteiger partial charge in [-0.15, -0.1) is 0 Å². The fraction of sp³-hybridized carbons (Fsp3) is 0.718. The number of esters is 4. The minimum Gasteiger partial charge on any atom is -0.462 e. The first kappa shape index (κ1) is 86.0. The fourth-order valence-electron chi connectivity index (χ4n) is 8.66. The van der Waals surface area contributed by atoms with Gasteiger partial charge >= 0.3 is 39.5 Å². The van der Waals surface area contributed by atoms with Gasteiger partial charge in [0.15, 0.2) is 12.2 Å². The Morgan fingerprint density at radius 3 is 0.867 bits per heavy atom. The number of phosphoric acid groups is 2. The summed E-state index contributed by atoms with van der Waals surface area (Å²) in [6.45, 7) is 4.51. The van der Waals surface area contributed by atoms with Crippen molar-refractivity contribution in [2.75, 3.05) is 39.6 Å². The predicted octanol–water partition coefficient (Wildman–Crippen LogP) is 18.9. The molecule has 5 unspecified atom stereocenters. The van der Waals surface area contributed by atoms with Gasteiger partial charge in [0.05, 0.1) is 26.4 Å². The molecule has 0 aromatic carbocycles. The first-order valence-corrected chi connectivity index (χ1v) is 37.5. The highest BCUT2D eigenvalue weighted by atomic mass is 31.2. The van der Waals surface area contributed by atoms with Gasteiger partial charge in [-0.2, -0.15) is 0 Å². The lowest BCUT2D eigenvalue weighted by molar-refractivity contribution is -0.161. The maximum Gasteiger partial charge on any atom is 0.472 e. The van der Waals surface area contributed by atoms with E-state index in [1.807, 2.05) is 0 Å². The molecule has 0 bridgehead atoms.